The fourth-order valence-corrected chi connectivity index (χ4v) is 2.13. The van der Waals surface area contributed by atoms with Crippen molar-refractivity contribution in [2.24, 2.45) is 11.8 Å². The van der Waals surface area contributed by atoms with E-state index < -0.39 is 0 Å². The molecule has 94 valence electrons. The molecule has 16 heavy (non-hydrogen) atoms. The zero-order valence-electron chi connectivity index (χ0n) is 10.9. The lowest BCUT2D eigenvalue weighted by atomic mass is 10.0. The lowest BCUT2D eigenvalue weighted by Crippen LogP contribution is -2.46. The Kier molecular flexibility index (Phi) is 4.78. The molecule has 1 amide bonds. The highest BCUT2D eigenvalue weighted by atomic mass is 16.3. The highest BCUT2D eigenvalue weighted by Crippen LogP contribution is 2.31. The van der Waals surface area contributed by atoms with Gasteiger partial charge in [-0.2, -0.15) is 0 Å². The van der Waals surface area contributed by atoms with Gasteiger partial charge in [0.05, 0.1) is 12.6 Å². The van der Waals surface area contributed by atoms with Gasteiger partial charge in [0.2, 0.25) is 5.91 Å². The number of carbonyl (C=O) groups excluding carboxylic acids is 1. The molecular weight excluding hydrogens is 202 g/mol. The van der Waals surface area contributed by atoms with Crippen molar-refractivity contribution < 1.29 is 9.90 Å². The van der Waals surface area contributed by atoms with Gasteiger partial charge in [-0.1, -0.05) is 27.7 Å². The molecule has 0 saturated heterocycles. The van der Waals surface area contributed by atoms with Gasteiger partial charge in [0.25, 0.3) is 0 Å². The molecule has 1 atom stereocenters. The van der Waals surface area contributed by atoms with Gasteiger partial charge in [0, 0.05) is 12.0 Å². The number of nitrogens with zero attached hydrogens (tertiary/aromatic N) is 1. The Labute approximate surface area is 98.8 Å². The average molecular weight is 227 g/mol. The van der Waals surface area contributed by atoms with Crippen LogP contribution >= 0.6 is 0 Å². The lowest BCUT2D eigenvalue weighted by Gasteiger charge is -2.33. The van der Waals surface area contributed by atoms with Crippen molar-refractivity contribution in [1.29, 1.82) is 0 Å². The van der Waals surface area contributed by atoms with E-state index in [0.29, 0.717) is 12.0 Å². The maximum absolute atomic E-state index is 12.1. The zero-order valence-corrected chi connectivity index (χ0v) is 10.9. The van der Waals surface area contributed by atoms with Crippen LogP contribution < -0.4 is 0 Å². The summed E-state index contributed by atoms with van der Waals surface area (Å²) in [6, 6.07) is 0.410. The molecule has 0 spiro atoms. The van der Waals surface area contributed by atoms with Crippen molar-refractivity contribution in [2.75, 3.05) is 6.61 Å². The molecule has 0 bridgehead atoms. The minimum atomic E-state index is 0.0161. The number of carbonyl (C=O) groups is 1. The van der Waals surface area contributed by atoms with Crippen molar-refractivity contribution in [3.63, 3.8) is 0 Å². The van der Waals surface area contributed by atoms with E-state index in [-0.39, 0.29) is 24.5 Å². The average Bonchev–Trinajstić information content (AvgIpc) is 2.99. The largest absolute Gasteiger partial charge is 0.394 e. The normalized spacial score (nSPS) is 17.9. The smallest absolute Gasteiger partial charge is 0.225 e. The molecule has 1 aliphatic carbocycles. The van der Waals surface area contributed by atoms with Crippen LogP contribution in [0.1, 0.15) is 47.0 Å². The quantitative estimate of drug-likeness (QED) is 0.754. The van der Waals surface area contributed by atoms with E-state index >= 15 is 0 Å². The van der Waals surface area contributed by atoms with Crippen LogP contribution in [0.3, 0.4) is 0 Å². The fraction of sp³-hybridized carbons (Fsp3) is 0.923. The molecule has 0 unspecified atom stereocenters. The van der Waals surface area contributed by atoms with Crippen LogP contribution in [-0.2, 0) is 4.79 Å². The standard InChI is InChI=1S/C13H25NO2/c1-9(2)7-12(8-15)14(11-5-6-11)13(16)10(3)4/h9-12,15H,5-8H2,1-4H3/t12-/m1/s1. The van der Waals surface area contributed by atoms with Gasteiger partial charge in [-0.05, 0) is 25.2 Å². The molecule has 0 heterocycles. The Morgan fingerprint density at radius 1 is 1.31 bits per heavy atom. The number of rotatable bonds is 6. The number of hydrogen-bond donors (Lipinski definition) is 1. The minimum Gasteiger partial charge on any atom is -0.394 e. The lowest BCUT2D eigenvalue weighted by molar-refractivity contribution is -0.138. The van der Waals surface area contributed by atoms with Crippen LogP contribution in [0.4, 0.5) is 0 Å². The molecule has 0 aromatic rings. The minimum absolute atomic E-state index is 0.0161. The summed E-state index contributed by atoms with van der Waals surface area (Å²) < 4.78 is 0. The molecule has 1 saturated carbocycles. The van der Waals surface area contributed by atoms with Gasteiger partial charge in [-0.25, -0.2) is 0 Å². The molecule has 1 rings (SSSR count). The third-order valence-electron chi connectivity index (χ3n) is 3.04. The maximum Gasteiger partial charge on any atom is 0.225 e. The summed E-state index contributed by atoms with van der Waals surface area (Å²) in [4.78, 5) is 14.1. The summed E-state index contributed by atoms with van der Waals surface area (Å²) in [5, 5.41) is 9.46. The van der Waals surface area contributed by atoms with Crippen molar-refractivity contribution in [3.05, 3.63) is 0 Å². The van der Waals surface area contributed by atoms with E-state index in [2.05, 4.69) is 13.8 Å². The van der Waals surface area contributed by atoms with Crippen molar-refractivity contribution in [3.8, 4) is 0 Å². The molecule has 3 nitrogen and oxygen atoms in total. The number of hydrogen-bond acceptors (Lipinski definition) is 2. The molecule has 1 fully saturated rings. The summed E-state index contributed by atoms with van der Waals surface area (Å²) >= 11 is 0. The van der Waals surface area contributed by atoms with Crippen molar-refractivity contribution in [1.82, 2.24) is 4.90 Å². The van der Waals surface area contributed by atoms with Gasteiger partial charge in [0.1, 0.15) is 0 Å². The van der Waals surface area contributed by atoms with E-state index in [1.165, 1.54) is 0 Å². The summed E-state index contributed by atoms with van der Waals surface area (Å²) in [5.41, 5.74) is 0. The van der Waals surface area contributed by atoms with E-state index in [1.807, 2.05) is 18.7 Å². The maximum atomic E-state index is 12.1. The predicted molar refractivity (Wildman–Crippen MR) is 65.0 cm³/mol. The van der Waals surface area contributed by atoms with Gasteiger partial charge in [0.15, 0.2) is 0 Å². The Morgan fingerprint density at radius 3 is 2.19 bits per heavy atom. The Hall–Kier alpha value is -0.570. The van der Waals surface area contributed by atoms with E-state index in [0.717, 1.165) is 19.3 Å². The molecule has 0 aromatic carbocycles. The molecule has 1 aliphatic rings. The van der Waals surface area contributed by atoms with E-state index in [9.17, 15) is 9.90 Å². The first-order chi connectivity index (χ1) is 7.47. The second-order valence-electron chi connectivity index (χ2n) is 5.60. The van der Waals surface area contributed by atoms with Crippen LogP contribution in [0.2, 0.25) is 0 Å². The SMILES string of the molecule is CC(C)C[C@H](CO)N(C(=O)C(C)C)C1CC1. The van der Waals surface area contributed by atoms with Crippen LogP contribution in [-0.4, -0.2) is 34.6 Å². The van der Waals surface area contributed by atoms with Crippen molar-refractivity contribution >= 4 is 5.91 Å². The molecule has 3 heteroatoms. The molecular formula is C13H25NO2. The first-order valence-corrected chi connectivity index (χ1v) is 6.40. The van der Waals surface area contributed by atoms with E-state index in [4.69, 9.17) is 0 Å². The van der Waals surface area contributed by atoms with Gasteiger partial charge in [-0.3, -0.25) is 4.79 Å². The van der Waals surface area contributed by atoms with Crippen LogP contribution in [0, 0.1) is 11.8 Å². The highest BCUT2D eigenvalue weighted by molar-refractivity contribution is 5.79. The number of aliphatic hydroxyl groups excluding tert-OH is 1. The Bertz CT molecular complexity index is 234. The Balaban J connectivity index is 2.70. The molecule has 0 aromatic heterocycles. The van der Waals surface area contributed by atoms with Crippen LogP contribution in [0.5, 0.6) is 0 Å². The first kappa shape index (κ1) is 13.5. The van der Waals surface area contributed by atoms with E-state index in [1.54, 1.807) is 0 Å². The van der Waals surface area contributed by atoms with Crippen LogP contribution in [0.15, 0.2) is 0 Å². The fourth-order valence-electron chi connectivity index (χ4n) is 2.13. The second-order valence-corrected chi connectivity index (χ2v) is 5.60. The summed E-state index contributed by atoms with van der Waals surface area (Å²) in [7, 11) is 0. The molecule has 1 N–H and O–H groups in total. The Morgan fingerprint density at radius 2 is 1.88 bits per heavy atom. The topological polar surface area (TPSA) is 40.5 Å². The first-order valence-electron chi connectivity index (χ1n) is 6.40. The van der Waals surface area contributed by atoms with Crippen molar-refractivity contribution in [2.45, 2.75) is 59.0 Å². The second kappa shape index (κ2) is 5.67. The highest BCUT2D eigenvalue weighted by Gasteiger charge is 2.37. The van der Waals surface area contributed by atoms with Crippen LogP contribution in [0.25, 0.3) is 0 Å². The molecule has 0 aliphatic heterocycles. The number of aliphatic hydroxyl groups is 1. The number of amides is 1. The third kappa shape index (κ3) is 3.48. The summed E-state index contributed by atoms with van der Waals surface area (Å²) in [5.74, 6) is 0.738. The third-order valence-corrected chi connectivity index (χ3v) is 3.04. The molecule has 0 radical (unpaired) electrons. The monoisotopic (exact) mass is 227 g/mol. The van der Waals surface area contributed by atoms with Gasteiger partial charge in [-0.15, -0.1) is 0 Å². The zero-order chi connectivity index (χ0) is 12.3. The van der Waals surface area contributed by atoms with Gasteiger partial charge >= 0.3 is 0 Å². The van der Waals surface area contributed by atoms with Gasteiger partial charge < -0.3 is 10.0 Å². The predicted octanol–water partition coefficient (Wildman–Crippen LogP) is 2.04. The summed E-state index contributed by atoms with van der Waals surface area (Å²) in [6.07, 6.45) is 3.10. The summed E-state index contributed by atoms with van der Waals surface area (Å²) in [6.45, 7) is 8.22.